The Hall–Kier alpha value is -3.07. The third-order valence-electron chi connectivity index (χ3n) is 4.93. The van der Waals surface area contributed by atoms with Gasteiger partial charge in [-0.15, -0.1) is 0 Å². The number of aromatic nitrogens is 4. The number of likely N-dealkylation sites (tertiary alicyclic amines) is 1. The molecule has 1 fully saturated rings. The molecule has 0 atom stereocenters. The molecule has 1 aliphatic heterocycles. The summed E-state index contributed by atoms with van der Waals surface area (Å²) in [5.41, 5.74) is -0.762. The Morgan fingerprint density at radius 3 is 2.75 bits per heavy atom. The lowest BCUT2D eigenvalue weighted by molar-refractivity contribution is 0.352. The van der Waals surface area contributed by atoms with Crippen molar-refractivity contribution in [1.29, 1.82) is 0 Å². The summed E-state index contributed by atoms with van der Waals surface area (Å²) >= 11 is 0. The second-order valence-corrected chi connectivity index (χ2v) is 6.84. The normalized spacial score (nSPS) is 14.6. The van der Waals surface area contributed by atoms with Crippen molar-refractivity contribution in [1.82, 2.24) is 24.4 Å². The number of H-pyrrole nitrogens is 1. The zero-order valence-electron chi connectivity index (χ0n) is 15.3. The Morgan fingerprint density at radius 2 is 1.96 bits per heavy atom. The summed E-state index contributed by atoms with van der Waals surface area (Å²) in [6.07, 6.45) is 3.84. The van der Waals surface area contributed by atoms with E-state index in [0.29, 0.717) is 12.5 Å². The minimum absolute atomic E-state index is 0.160. The van der Waals surface area contributed by atoms with E-state index in [1.54, 1.807) is 12.1 Å². The van der Waals surface area contributed by atoms with Crippen molar-refractivity contribution >= 4 is 17.0 Å². The van der Waals surface area contributed by atoms with Gasteiger partial charge in [-0.2, -0.15) is 4.98 Å². The molecule has 1 aromatic carbocycles. The van der Waals surface area contributed by atoms with E-state index in [4.69, 9.17) is 0 Å². The predicted molar refractivity (Wildman–Crippen MR) is 104 cm³/mol. The maximum Gasteiger partial charge on any atom is 0.330 e. The molecular weight excluding hydrogens is 363 g/mol. The molecule has 0 aliphatic carbocycles. The van der Waals surface area contributed by atoms with Crippen LogP contribution >= 0.6 is 0 Å². The number of nitrogens with zero attached hydrogens (tertiary/aromatic N) is 4. The van der Waals surface area contributed by atoms with Gasteiger partial charge in [-0.1, -0.05) is 18.2 Å². The molecule has 28 heavy (non-hydrogen) atoms. The summed E-state index contributed by atoms with van der Waals surface area (Å²) < 4.78 is 14.8. The molecule has 0 radical (unpaired) electrons. The van der Waals surface area contributed by atoms with Crippen LogP contribution in [0.3, 0.4) is 0 Å². The van der Waals surface area contributed by atoms with Crippen LogP contribution in [-0.4, -0.2) is 50.6 Å². The van der Waals surface area contributed by atoms with Crippen LogP contribution in [0.5, 0.6) is 0 Å². The van der Waals surface area contributed by atoms with E-state index in [2.05, 4.69) is 25.2 Å². The minimum atomic E-state index is -0.637. The molecular formula is C19H21FN6O2. The maximum absolute atomic E-state index is 13.9. The van der Waals surface area contributed by atoms with E-state index in [-0.39, 0.29) is 23.1 Å². The van der Waals surface area contributed by atoms with Crippen LogP contribution in [0.15, 0.2) is 40.1 Å². The molecule has 0 unspecified atom stereocenters. The number of fused-ring (bicyclic) bond motifs is 1. The molecule has 3 aromatic rings. The van der Waals surface area contributed by atoms with Crippen LogP contribution in [0.2, 0.25) is 0 Å². The number of hydrogen-bond donors (Lipinski definition) is 2. The molecule has 8 nitrogen and oxygen atoms in total. The van der Waals surface area contributed by atoms with E-state index in [1.807, 2.05) is 0 Å². The zero-order chi connectivity index (χ0) is 19.5. The second kappa shape index (κ2) is 7.89. The Bertz CT molecular complexity index is 1100. The SMILES string of the molecule is O=c1[nH]c2nc(NCCN3CCCC3)ncc2c(=O)n1Cc1ccccc1F. The number of anilines is 1. The topological polar surface area (TPSA) is 95.9 Å². The molecule has 1 aliphatic rings. The molecule has 3 heterocycles. The van der Waals surface area contributed by atoms with Gasteiger partial charge in [0, 0.05) is 24.8 Å². The van der Waals surface area contributed by atoms with Gasteiger partial charge in [0.25, 0.3) is 5.56 Å². The molecule has 4 rings (SSSR count). The van der Waals surface area contributed by atoms with Gasteiger partial charge in [-0.05, 0) is 32.0 Å². The van der Waals surface area contributed by atoms with E-state index in [9.17, 15) is 14.0 Å². The van der Waals surface area contributed by atoms with Crippen molar-refractivity contribution in [3.8, 4) is 0 Å². The first kappa shape index (κ1) is 18.3. The Balaban J connectivity index is 1.56. The number of hydrogen-bond acceptors (Lipinski definition) is 6. The molecule has 146 valence electrons. The quantitative estimate of drug-likeness (QED) is 0.663. The lowest BCUT2D eigenvalue weighted by atomic mass is 10.2. The lowest BCUT2D eigenvalue weighted by Crippen LogP contribution is -2.36. The Labute approximate surface area is 160 Å². The second-order valence-electron chi connectivity index (χ2n) is 6.84. The fraction of sp³-hybridized carbons (Fsp3) is 0.368. The first-order valence-corrected chi connectivity index (χ1v) is 9.31. The van der Waals surface area contributed by atoms with Crippen molar-refractivity contribution in [2.24, 2.45) is 0 Å². The fourth-order valence-electron chi connectivity index (χ4n) is 3.40. The molecule has 9 heteroatoms. The van der Waals surface area contributed by atoms with Crippen LogP contribution in [0.1, 0.15) is 18.4 Å². The highest BCUT2D eigenvalue weighted by Gasteiger charge is 2.13. The third-order valence-corrected chi connectivity index (χ3v) is 4.93. The van der Waals surface area contributed by atoms with Crippen LogP contribution in [0, 0.1) is 5.82 Å². The fourth-order valence-corrected chi connectivity index (χ4v) is 3.40. The summed E-state index contributed by atoms with van der Waals surface area (Å²) in [7, 11) is 0. The molecule has 0 bridgehead atoms. The Kier molecular flexibility index (Phi) is 5.16. The van der Waals surface area contributed by atoms with Crippen LogP contribution in [0.25, 0.3) is 11.0 Å². The standard InChI is InChI=1S/C19H21FN6O2/c20-15-6-2-1-5-13(15)12-26-17(27)14-11-22-18(23-16(14)24-19(26)28)21-7-10-25-8-3-4-9-25/h1-2,5-6,11H,3-4,7-10,12H2,(H2,21,22,23,24,28). The highest BCUT2D eigenvalue weighted by molar-refractivity contribution is 5.73. The summed E-state index contributed by atoms with van der Waals surface area (Å²) in [5, 5.41) is 3.30. The number of nitrogens with one attached hydrogen (secondary N) is 2. The van der Waals surface area contributed by atoms with Crippen LogP contribution in [-0.2, 0) is 6.54 Å². The average molecular weight is 384 g/mol. The molecule has 2 aromatic heterocycles. The first-order chi connectivity index (χ1) is 13.6. The van der Waals surface area contributed by atoms with E-state index < -0.39 is 17.1 Å². The van der Waals surface area contributed by atoms with Crippen LogP contribution < -0.4 is 16.6 Å². The first-order valence-electron chi connectivity index (χ1n) is 9.31. The highest BCUT2D eigenvalue weighted by atomic mass is 19.1. The number of benzene rings is 1. The maximum atomic E-state index is 13.9. The van der Waals surface area contributed by atoms with E-state index >= 15 is 0 Å². The zero-order valence-corrected chi connectivity index (χ0v) is 15.3. The summed E-state index contributed by atoms with van der Waals surface area (Å²) in [4.78, 5) is 38.4. The van der Waals surface area contributed by atoms with E-state index in [1.165, 1.54) is 31.2 Å². The largest absolute Gasteiger partial charge is 0.353 e. The molecule has 0 spiro atoms. The summed E-state index contributed by atoms with van der Waals surface area (Å²) in [6, 6.07) is 6.04. The minimum Gasteiger partial charge on any atom is -0.353 e. The van der Waals surface area contributed by atoms with Gasteiger partial charge < -0.3 is 10.2 Å². The van der Waals surface area contributed by atoms with Gasteiger partial charge in [0.2, 0.25) is 5.95 Å². The number of halogens is 1. The molecule has 0 amide bonds. The molecule has 1 saturated heterocycles. The third kappa shape index (κ3) is 3.79. The molecule has 2 N–H and O–H groups in total. The summed E-state index contributed by atoms with van der Waals surface area (Å²) in [6.45, 7) is 3.62. The van der Waals surface area contributed by atoms with Crippen molar-refractivity contribution in [3.05, 3.63) is 62.7 Å². The number of rotatable bonds is 6. The van der Waals surface area contributed by atoms with Gasteiger partial charge in [0.05, 0.1) is 6.54 Å². The highest BCUT2D eigenvalue weighted by Crippen LogP contribution is 2.09. The van der Waals surface area contributed by atoms with Gasteiger partial charge >= 0.3 is 5.69 Å². The Morgan fingerprint density at radius 1 is 1.18 bits per heavy atom. The number of aromatic amines is 1. The van der Waals surface area contributed by atoms with Gasteiger partial charge in [0.1, 0.15) is 11.2 Å². The van der Waals surface area contributed by atoms with Crippen molar-refractivity contribution < 1.29 is 4.39 Å². The van der Waals surface area contributed by atoms with Gasteiger partial charge in [-0.25, -0.2) is 14.2 Å². The van der Waals surface area contributed by atoms with Gasteiger partial charge in [-0.3, -0.25) is 14.3 Å². The van der Waals surface area contributed by atoms with Crippen molar-refractivity contribution in [2.45, 2.75) is 19.4 Å². The monoisotopic (exact) mass is 384 g/mol. The van der Waals surface area contributed by atoms with Crippen molar-refractivity contribution in [2.75, 3.05) is 31.5 Å². The average Bonchev–Trinajstić information content (AvgIpc) is 3.20. The van der Waals surface area contributed by atoms with E-state index in [0.717, 1.165) is 24.2 Å². The lowest BCUT2D eigenvalue weighted by Gasteiger charge is -2.14. The molecule has 0 saturated carbocycles. The predicted octanol–water partition coefficient (Wildman–Crippen LogP) is 1.17. The summed E-state index contributed by atoms with van der Waals surface area (Å²) in [5.74, 6) is -0.115. The van der Waals surface area contributed by atoms with Crippen LogP contribution in [0.4, 0.5) is 10.3 Å². The van der Waals surface area contributed by atoms with Crippen molar-refractivity contribution in [3.63, 3.8) is 0 Å². The van der Waals surface area contributed by atoms with Gasteiger partial charge in [0.15, 0.2) is 5.65 Å². The smallest absolute Gasteiger partial charge is 0.330 e.